The number of aromatic nitrogens is 12. The topological polar surface area (TPSA) is 343 Å². The fourth-order valence-electron chi connectivity index (χ4n) is 11.1. The van der Waals surface area contributed by atoms with Gasteiger partial charge in [0.05, 0.1) is 55.3 Å². The highest BCUT2D eigenvalue weighted by Crippen LogP contribution is 2.37. The molecule has 0 aliphatic heterocycles. The molecule has 0 amide bonds. The van der Waals surface area contributed by atoms with Crippen molar-refractivity contribution in [3.05, 3.63) is 166 Å². The third kappa shape index (κ3) is 15.3. The van der Waals surface area contributed by atoms with Crippen molar-refractivity contribution in [3.63, 3.8) is 0 Å². The van der Waals surface area contributed by atoms with Crippen molar-refractivity contribution >= 4 is 121 Å². The van der Waals surface area contributed by atoms with Gasteiger partial charge < -0.3 is 25.8 Å². The molecular formula is C64H60Cl3F3N14O10S3. The SMILES string of the molecule is CC.Cc1ccc(S(=O)(=O)n2cc(-c3ncc(F)c(N[C@H]4CCCC[C@@H]4C(=O)O)n3)c3cc(Cl)cnc32)cc1.Cc1ccc(S(=O)(=O)n2cc(-c3ncc(F)c(S(C)(=O)=O)n3)c3cc(Cl)cnc32)cc1.O=C(O)[C@H]1CCCC[C@@H]1Nc1nc(-c2c[nH]c3ncc(Cl)cc23)ncc1F. The molecule has 2 aliphatic carbocycles. The number of anilines is 2. The summed E-state index contributed by atoms with van der Waals surface area (Å²) in [6.07, 6.45) is 17.6. The van der Waals surface area contributed by atoms with Gasteiger partial charge in [-0.05, 0) is 82.0 Å². The molecule has 9 aromatic heterocycles. The molecule has 2 fully saturated rings. The number of halogens is 6. The van der Waals surface area contributed by atoms with Gasteiger partial charge in [-0.15, -0.1) is 0 Å². The smallest absolute Gasteiger partial charge is 0.308 e. The first-order valence-electron chi connectivity index (χ1n) is 30.0. The summed E-state index contributed by atoms with van der Waals surface area (Å²) in [5, 5.41) is 26.4. The summed E-state index contributed by atoms with van der Waals surface area (Å²) in [6, 6.07) is 16.5. The molecule has 506 valence electrons. The molecule has 0 unspecified atom stereocenters. The zero-order chi connectivity index (χ0) is 69.8. The number of aromatic amines is 1. The van der Waals surface area contributed by atoms with Gasteiger partial charge in [-0.25, -0.2) is 91.2 Å². The number of pyridine rings is 3. The van der Waals surface area contributed by atoms with Crippen molar-refractivity contribution in [3.8, 4) is 34.2 Å². The number of rotatable bonds is 14. The van der Waals surface area contributed by atoms with E-state index in [1.165, 1.54) is 61.3 Å². The van der Waals surface area contributed by atoms with Gasteiger partial charge in [0, 0.05) is 88.4 Å². The van der Waals surface area contributed by atoms with Crippen LogP contribution < -0.4 is 10.6 Å². The summed E-state index contributed by atoms with van der Waals surface area (Å²) in [7, 11) is -12.1. The fourth-order valence-corrected chi connectivity index (χ4v) is 14.9. The molecule has 5 N–H and O–H groups in total. The van der Waals surface area contributed by atoms with Crippen molar-refractivity contribution in [1.29, 1.82) is 0 Å². The van der Waals surface area contributed by atoms with Gasteiger partial charge in [0.1, 0.15) is 5.65 Å². The number of carboxylic acid groups (broad SMARTS) is 2. The highest BCUT2D eigenvalue weighted by Gasteiger charge is 2.34. The third-order valence-electron chi connectivity index (χ3n) is 15.9. The van der Waals surface area contributed by atoms with E-state index >= 15 is 0 Å². The molecule has 2 aliphatic rings. The Bertz CT molecular complexity index is 5170. The van der Waals surface area contributed by atoms with Crippen molar-refractivity contribution in [2.45, 2.75) is 106 Å². The van der Waals surface area contributed by atoms with Crippen LogP contribution in [0.3, 0.4) is 0 Å². The number of aryl methyl sites for hydroxylation is 2. The summed E-state index contributed by atoms with van der Waals surface area (Å²) in [6.45, 7) is 7.68. The van der Waals surface area contributed by atoms with Crippen LogP contribution in [0.5, 0.6) is 0 Å². The Morgan fingerprint density at radius 1 is 0.526 bits per heavy atom. The number of H-pyrrole nitrogens is 1. The molecule has 2 aromatic carbocycles. The zero-order valence-corrected chi connectivity index (χ0v) is 56.8. The number of carbonyl (C=O) groups is 2. The lowest BCUT2D eigenvalue weighted by Gasteiger charge is -2.29. The predicted molar refractivity (Wildman–Crippen MR) is 360 cm³/mol. The second-order valence-corrected chi connectivity index (χ2v) is 29.3. The third-order valence-corrected chi connectivity index (χ3v) is 20.8. The Labute approximate surface area is 568 Å². The predicted octanol–water partition coefficient (Wildman–Crippen LogP) is 13.0. The van der Waals surface area contributed by atoms with E-state index in [0.29, 0.717) is 59.3 Å². The van der Waals surface area contributed by atoms with Crippen LogP contribution in [0.4, 0.5) is 24.8 Å². The molecule has 4 atom stereocenters. The van der Waals surface area contributed by atoms with Gasteiger partial charge in [-0.1, -0.05) is 110 Å². The summed E-state index contributed by atoms with van der Waals surface area (Å²) < 4.78 is 122. The maximum absolute atomic E-state index is 14.7. The highest BCUT2D eigenvalue weighted by atomic mass is 35.5. The number of hydrogen-bond donors (Lipinski definition) is 5. The van der Waals surface area contributed by atoms with Crippen LogP contribution in [0.15, 0.2) is 137 Å². The highest BCUT2D eigenvalue weighted by molar-refractivity contribution is 7.91. The van der Waals surface area contributed by atoms with E-state index in [-0.39, 0.29) is 77.0 Å². The van der Waals surface area contributed by atoms with Gasteiger partial charge in [0.15, 0.2) is 72.7 Å². The molecule has 0 spiro atoms. The Kier molecular flexibility index (Phi) is 21.3. The van der Waals surface area contributed by atoms with E-state index < -0.39 is 82.2 Å². The van der Waals surface area contributed by atoms with Gasteiger partial charge in [-0.2, -0.15) is 0 Å². The van der Waals surface area contributed by atoms with Gasteiger partial charge >= 0.3 is 11.9 Å². The van der Waals surface area contributed by atoms with Crippen LogP contribution in [0, 0.1) is 43.1 Å². The standard InChI is InChI=1S/C25H23ClFN5O4S.C19H14ClFN4O4S2.C18H17ClFN5O2.C2H6/c1-14-6-8-16(9-7-14)37(35,36)32-13-19(18-10-15(26)11-29-24(18)32)22-28-12-20(27)23(31-22)30-21-5-3-2-4-17(21)25(33)34;1-11-3-5-13(6-4-11)31(28,29)25-10-15(14-7-12(20)8-23-18(14)25)17-22-9-16(21)19(24-17)30(2,26)27;19-9-5-11-12(7-22-15(11)21-6-9)16-23-8-13(20)17(25-16)24-14-4-2-1-3-10(14)18(26)27;1-2/h6-13,17,21H,2-5H2,1H3,(H,33,34)(H,28,30,31);3-10H,1-2H3;5-8,10,14H,1-4H2,(H,21,22)(H,26,27)(H,23,24,25);1-2H3/t17-,21-;;10-,14-;/m0.0./s1. The molecule has 33 heteroatoms. The molecule has 11 aromatic rings. The van der Waals surface area contributed by atoms with E-state index in [2.05, 4.69) is 60.5 Å². The van der Waals surface area contributed by atoms with E-state index in [1.807, 2.05) is 27.7 Å². The molecule has 0 bridgehead atoms. The monoisotopic (exact) mass is 1440 g/mol. The fraction of sp³-hybridized carbons (Fsp3) is 0.266. The molecule has 2 saturated carbocycles. The average molecular weight is 1440 g/mol. The summed E-state index contributed by atoms with van der Waals surface area (Å²) in [5.41, 5.74) is 3.61. The van der Waals surface area contributed by atoms with Crippen LogP contribution in [-0.4, -0.2) is 124 Å². The number of hydrogen-bond acceptors (Lipinski definition) is 19. The van der Waals surface area contributed by atoms with E-state index in [4.69, 9.17) is 34.8 Å². The van der Waals surface area contributed by atoms with Gasteiger partial charge in [-0.3, -0.25) is 9.59 Å². The lowest BCUT2D eigenvalue weighted by atomic mass is 9.84. The number of nitrogens with one attached hydrogen (secondary N) is 3. The van der Waals surface area contributed by atoms with Crippen LogP contribution >= 0.6 is 34.8 Å². The van der Waals surface area contributed by atoms with Crippen LogP contribution in [-0.2, 0) is 39.5 Å². The Hall–Kier alpha value is -9.20. The quantitative estimate of drug-likeness (QED) is 0.0631. The molecule has 13 rings (SSSR count). The second kappa shape index (κ2) is 29.3. The summed E-state index contributed by atoms with van der Waals surface area (Å²) >= 11 is 18.2. The molecular weight excluding hydrogens is 1380 g/mol. The van der Waals surface area contributed by atoms with Gasteiger partial charge in [0.25, 0.3) is 20.0 Å². The van der Waals surface area contributed by atoms with Gasteiger partial charge in [0.2, 0.25) is 0 Å². The molecule has 9 heterocycles. The maximum Gasteiger partial charge on any atom is 0.308 e. The number of aliphatic carboxylic acids is 2. The number of benzene rings is 2. The minimum absolute atomic E-state index is 0.00230. The van der Waals surface area contributed by atoms with Crippen molar-refractivity contribution in [2.75, 3.05) is 16.9 Å². The lowest BCUT2D eigenvalue weighted by Crippen LogP contribution is -2.37. The number of carboxylic acids is 2. The Morgan fingerprint density at radius 3 is 1.33 bits per heavy atom. The van der Waals surface area contributed by atoms with E-state index in [1.54, 1.807) is 42.6 Å². The largest absolute Gasteiger partial charge is 0.481 e. The Morgan fingerprint density at radius 2 is 0.907 bits per heavy atom. The minimum atomic E-state index is -4.07. The first kappa shape index (κ1) is 70.6. The Balaban J connectivity index is 0.000000158. The first-order valence-corrected chi connectivity index (χ1v) is 35.9. The molecule has 0 saturated heterocycles. The lowest BCUT2D eigenvalue weighted by molar-refractivity contribution is -0.144. The minimum Gasteiger partial charge on any atom is -0.481 e. The first-order chi connectivity index (χ1) is 46.2. The van der Waals surface area contributed by atoms with Crippen molar-refractivity contribution in [1.82, 2.24) is 57.8 Å². The summed E-state index contributed by atoms with van der Waals surface area (Å²) in [5.74, 6) is -5.53. The van der Waals surface area contributed by atoms with Crippen molar-refractivity contribution < 1.29 is 58.2 Å². The molecule has 0 radical (unpaired) electrons. The average Bonchev–Trinajstić information content (AvgIpc) is 1.61. The summed E-state index contributed by atoms with van der Waals surface area (Å²) in [4.78, 5) is 63.3. The van der Waals surface area contributed by atoms with E-state index in [9.17, 15) is 58.2 Å². The molecule has 24 nitrogen and oxygen atoms in total. The van der Waals surface area contributed by atoms with Crippen molar-refractivity contribution in [2.24, 2.45) is 11.8 Å². The number of sulfone groups is 1. The van der Waals surface area contributed by atoms with E-state index in [0.717, 1.165) is 68.8 Å². The van der Waals surface area contributed by atoms with Crippen LogP contribution in [0.2, 0.25) is 15.1 Å². The number of nitrogens with zero attached hydrogens (tertiary/aromatic N) is 11. The van der Waals surface area contributed by atoms with Crippen LogP contribution in [0.1, 0.15) is 76.3 Å². The van der Waals surface area contributed by atoms with Crippen LogP contribution in [0.25, 0.3) is 67.3 Å². The zero-order valence-electron chi connectivity index (χ0n) is 52.1. The number of fused-ring (bicyclic) bond motifs is 3. The molecule has 97 heavy (non-hydrogen) atoms. The second-order valence-electron chi connectivity index (χ2n) is 22.5. The normalized spacial score (nSPS) is 16.5. The maximum atomic E-state index is 14.7.